The summed E-state index contributed by atoms with van der Waals surface area (Å²) in [6.45, 7) is 5.80. The van der Waals surface area contributed by atoms with Crippen LogP contribution in [0.3, 0.4) is 0 Å². The minimum Gasteiger partial charge on any atom is -0.338 e. The van der Waals surface area contributed by atoms with E-state index in [1.54, 1.807) is 0 Å². The molecule has 2 rings (SSSR count). The highest BCUT2D eigenvalue weighted by Gasteiger charge is 2.29. The van der Waals surface area contributed by atoms with Crippen molar-refractivity contribution in [1.29, 1.82) is 0 Å². The summed E-state index contributed by atoms with van der Waals surface area (Å²) in [6, 6.07) is 0. The summed E-state index contributed by atoms with van der Waals surface area (Å²) in [4.78, 5) is 11.6. The molecule has 0 fully saturated rings. The van der Waals surface area contributed by atoms with Crippen LogP contribution >= 0.6 is 0 Å². The smallest absolute Gasteiger partial charge is 0.260 e. The minimum absolute atomic E-state index is 0.108. The monoisotopic (exact) mass is 195 g/mol. The number of fused-ring (bicyclic) bond motifs is 1. The first-order valence-corrected chi connectivity index (χ1v) is 4.66. The van der Waals surface area contributed by atoms with E-state index >= 15 is 0 Å². The van der Waals surface area contributed by atoms with Gasteiger partial charge in [0.1, 0.15) is 11.3 Å². The van der Waals surface area contributed by atoms with Crippen molar-refractivity contribution in [2.24, 2.45) is 0 Å². The first-order chi connectivity index (χ1) is 6.59. The van der Waals surface area contributed by atoms with Crippen molar-refractivity contribution >= 4 is 11.8 Å². The first-order valence-electron chi connectivity index (χ1n) is 4.66. The number of hydrogen-bond donors (Lipinski definition) is 2. The second kappa shape index (κ2) is 3.01. The largest absolute Gasteiger partial charge is 0.338 e. The van der Waals surface area contributed by atoms with Crippen molar-refractivity contribution in [1.82, 2.24) is 10.5 Å². The minimum atomic E-state index is -0.115. The number of carbonyl (C=O) groups excluding carboxylic acids is 1. The molecule has 0 radical (unpaired) electrons. The molecule has 1 aliphatic rings. The molecule has 0 bridgehead atoms. The van der Waals surface area contributed by atoms with Gasteiger partial charge in [-0.3, -0.25) is 4.79 Å². The summed E-state index contributed by atoms with van der Waals surface area (Å²) in [5.41, 5.74) is 1.25. The van der Waals surface area contributed by atoms with E-state index in [1.807, 2.05) is 20.8 Å². The molecule has 5 nitrogen and oxygen atoms in total. The summed E-state index contributed by atoms with van der Waals surface area (Å²) < 4.78 is 5.07. The third-order valence-corrected chi connectivity index (χ3v) is 2.19. The molecule has 2 N–H and O–H groups in total. The molecule has 1 amide bonds. The van der Waals surface area contributed by atoms with Crippen LogP contribution in [-0.4, -0.2) is 17.2 Å². The van der Waals surface area contributed by atoms with E-state index in [9.17, 15) is 4.79 Å². The highest BCUT2D eigenvalue weighted by atomic mass is 16.5. The predicted octanol–water partition coefficient (Wildman–Crippen LogP) is 1.30. The van der Waals surface area contributed by atoms with Gasteiger partial charge in [-0.1, -0.05) is 19.0 Å². The molecule has 0 saturated carbocycles. The normalized spacial score (nSPS) is 20.3. The van der Waals surface area contributed by atoms with Crippen LogP contribution in [0.1, 0.15) is 42.7 Å². The van der Waals surface area contributed by atoms with Gasteiger partial charge in [0.05, 0.1) is 6.17 Å². The molecule has 5 heteroatoms. The second-order valence-electron chi connectivity index (χ2n) is 3.77. The quantitative estimate of drug-likeness (QED) is 0.708. The Morgan fingerprint density at radius 1 is 1.43 bits per heavy atom. The second-order valence-corrected chi connectivity index (χ2v) is 3.77. The third-order valence-electron chi connectivity index (χ3n) is 2.19. The molecule has 1 atom stereocenters. The van der Waals surface area contributed by atoms with Crippen LogP contribution in [-0.2, 0) is 0 Å². The summed E-state index contributed by atoms with van der Waals surface area (Å²) in [7, 11) is 0. The van der Waals surface area contributed by atoms with Crippen LogP contribution < -0.4 is 10.6 Å². The van der Waals surface area contributed by atoms with Gasteiger partial charge in [0.15, 0.2) is 0 Å². The van der Waals surface area contributed by atoms with Gasteiger partial charge in [-0.25, -0.2) is 0 Å². The molecular weight excluding hydrogens is 182 g/mol. The zero-order valence-electron chi connectivity index (χ0n) is 8.42. The highest BCUT2D eigenvalue weighted by Crippen LogP contribution is 2.28. The molecule has 1 unspecified atom stereocenters. The number of amides is 1. The Morgan fingerprint density at radius 2 is 2.14 bits per heavy atom. The fourth-order valence-electron chi connectivity index (χ4n) is 1.52. The molecule has 1 aliphatic heterocycles. The van der Waals surface area contributed by atoms with E-state index in [1.165, 1.54) is 0 Å². The van der Waals surface area contributed by atoms with E-state index in [-0.39, 0.29) is 18.0 Å². The molecule has 0 saturated heterocycles. The molecular formula is C9H13N3O2. The Labute approximate surface area is 81.8 Å². The maximum absolute atomic E-state index is 11.6. The maximum Gasteiger partial charge on any atom is 0.260 e. The Bertz CT molecular complexity index is 370. The van der Waals surface area contributed by atoms with E-state index in [2.05, 4.69) is 15.8 Å². The van der Waals surface area contributed by atoms with Crippen molar-refractivity contribution < 1.29 is 9.32 Å². The molecule has 76 valence electrons. The number of nitrogens with one attached hydrogen (secondary N) is 2. The first kappa shape index (κ1) is 9.05. The average Bonchev–Trinajstić information content (AvgIpc) is 2.47. The Balaban J connectivity index is 2.47. The lowest BCUT2D eigenvalue weighted by molar-refractivity contribution is 0.0936. The van der Waals surface area contributed by atoms with Crippen molar-refractivity contribution in [2.45, 2.75) is 32.9 Å². The number of carbonyl (C=O) groups is 1. The van der Waals surface area contributed by atoms with Gasteiger partial charge in [-0.05, 0) is 12.8 Å². The van der Waals surface area contributed by atoms with E-state index in [0.717, 1.165) is 0 Å². The highest BCUT2D eigenvalue weighted by molar-refractivity contribution is 6.01. The number of anilines is 1. The molecule has 2 heterocycles. The Hall–Kier alpha value is -1.52. The van der Waals surface area contributed by atoms with Gasteiger partial charge < -0.3 is 15.2 Å². The Kier molecular flexibility index (Phi) is 1.94. The van der Waals surface area contributed by atoms with Gasteiger partial charge in [0.2, 0.25) is 5.88 Å². The summed E-state index contributed by atoms with van der Waals surface area (Å²) in [6.07, 6.45) is -0.108. The predicted molar refractivity (Wildman–Crippen MR) is 51.1 cm³/mol. The van der Waals surface area contributed by atoms with Gasteiger partial charge in [-0.15, -0.1) is 0 Å². The number of nitrogens with zero attached hydrogens (tertiary/aromatic N) is 1. The third kappa shape index (κ3) is 1.25. The van der Waals surface area contributed by atoms with Crippen LogP contribution in [0.4, 0.5) is 5.88 Å². The number of hydrogen-bond acceptors (Lipinski definition) is 4. The summed E-state index contributed by atoms with van der Waals surface area (Å²) in [5, 5.41) is 9.65. The van der Waals surface area contributed by atoms with Crippen LogP contribution in [0.5, 0.6) is 0 Å². The molecule has 0 spiro atoms. The summed E-state index contributed by atoms with van der Waals surface area (Å²) in [5.74, 6) is 0.546. The van der Waals surface area contributed by atoms with Crippen LogP contribution in [0.2, 0.25) is 0 Å². The molecule has 1 aromatic heterocycles. The van der Waals surface area contributed by atoms with E-state index < -0.39 is 0 Å². The van der Waals surface area contributed by atoms with Crippen molar-refractivity contribution in [3.05, 3.63) is 11.3 Å². The van der Waals surface area contributed by atoms with Crippen LogP contribution in [0, 0.1) is 0 Å². The molecule has 0 aliphatic carbocycles. The molecule has 0 aromatic carbocycles. The topological polar surface area (TPSA) is 67.2 Å². The van der Waals surface area contributed by atoms with Crippen molar-refractivity contribution in [3.63, 3.8) is 0 Å². The van der Waals surface area contributed by atoms with Crippen LogP contribution in [0.25, 0.3) is 0 Å². The fraction of sp³-hybridized carbons (Fsp3) is 0.556. The van der Waals surface area contributed by atoms with Gasteiger partial charge in [0.25, 0.3) is 5.91 Å². The Morgan fingerprint density at radius 3 is 2.79 bits per heavy atom. The average molecular weight is 195 g/mol. The van der Waals surface area contributed by atoms with Crippen LogP contribution in [0.15, 0.2) is 4.52 Å². The van der Waals surface area contributed by atoms with E-state index in [0.29, 0.717) is 17.1 Å². The van der Waals surface area contributed by atoms with Crippen molar-refractivity contribution in [2.75, 3.05) is 5.32 Å². The van der Waals surface area contributed by atoms with Gasteiger partial charge in [-0.2, -0.15) is 0 Å². The lowest BCUT2D eigenvalue weighted by atomic mass is 10.0. The van der Waals surface area contributed by atoms with Gasteiger partial charge >= 0.3 is 0 Å². The SMILES string of the molecule is CC1NC(=O)c2c(C(C)C)noc2N1. The number of rotatable bonds is 1. The van der Waals surface area contributed by atoms with Crippen molar-refractivity contribution in [3.8, 4) is 0 Å². The standard InChI is InChI=1S/C9H13N3O2/c1-4(2)7-6-8(13)10-5(3)11-9(6)14-12-7/h4-5,11H,1-3H3,(H,10,13). The molecule has 14 heavy (non-hydrogen) atoms. The maximum atomic E-state index is 11.6. The lowest BCUT2D eigenvalue weighted by Crippen LogP contribution is -2.42. The zero-order valence-corrected chi connectivity index (χ0v) is 8.42. The molecule has 1 aromatic rings. The van der Waals surface area contributed by atoms with E-state index in [4.69, 9.17) is 4.52 Å². The zero-order chi connectivity index (χ0) is 10.3. The fourth-order valence-corrected chi connectivity index (χ4v) is 1.52. The lowest BCUT2D eigenvalue weighted by Gasteiger charge is -2.20. The van der Waals surface area contributed by atoms with Gasteiger partial charge in [0, 0.05) is 0 Å². The number of aromatic nitrogens is 1. The summed E-state index contributed by atoms with van der Waals surface area (Å²) >= 11 is 0.